The van der Waals surface area contributed by atoms with Crippen molar-refractivity contribution >= 4 is 5.82 Å². The number of rotatable bonds is 2. The van der Waals surface area contributed by atoms with Crippen LogP contribution in [-0.2, 0) is 4.74 Å². The Morgan fingerprint density at radius 1 is 1.67 bits per heavy atom. The van der Waals surface area contributed by atoms with Gasteiger partial charge in [-0.2, -0.15) is 4.98 Å². The summed E-state index contributed by atoms with van der Waals surface area (Å²) in [7, 11) is 0. The minimum absolute atomic E-state index is 0.0271. The monoisotopic (exact) mass is 257 g/mol. The number of nitrogen functional groups attached to an aromatic ring is 1. The topological polar surface area (TPSA) is 111 Å². The third kappa shape index (κ3) is 2.01. The van der Waals surface area contributed by atoms with Gasteiger partial charge in [0.05, 0.1) is 12.9 Å². The van der Waals surface area contributed by atoms with Crippen molar-refractivity contribution in [2.75, 3.05) is 12.3 Å². The summed E-state index contributed by atoms with van der Waals surface area (Å²) in [6.07, 6.45) is -1.99. The first-order valence-electron chi connectivity index (χ1n) is 5.17. The number of aliphatic hydroxyl groups is 2. The Kier molecular flexibility index (Phi) is 3.41. The number of nitrogens with two attached hydrogens (primary N) is 1. The first-order valence-corrected chi connectivity index (χ1v) is 5.17. The molecule has 0 saturated carbocycles. The molecular formula is C10H12FN3O4. The summed E-state index contributed by atoms with van der Waals surface area (Å²) in [5.74, 6) is 0.0271. The molecule has 0 aromatic carbocycles. The zero-order valence-electron chi connectivity index (χ0n) is 9.23. The van der Waals surface area contributed by atoms with Gasteiger partial charge in [0, 0.05) is 11.8 Å². The molecule has 1 aliphatic rings. The summed E-state index contributed by atoms with van der Waals surface area (Å²) in [4.78, 5) is 15.1. The number of ether oxygens (including phenoxy) is 1. The Labute approximate surface area is 101 Å². The van der Waals surface area contributed by atoms with Gasteiger partial charge in [-0.05, 0) is 6.07 Å². The molecule has 2 heterocycles. The van der Waals surface area contributed by atoms with Gasteiger partial charge in [-0.3, -0.25) is 4.57 Å². The molecule has 1 fully saturated rings. The van der Waals surface area contributed by atoms with E-state index in [4.69, 9.17) is 15.6 Å². The average Bonchev–Trinajstić information content (AvgIpc) is 2.65. The molecule has 0 bridgehead atoms. The number of hydrogen-bond donors (Lipinski definition) is 3. The highest BCUT2D eigenvalue weighted by Crippen LogP contribution is 2.33. The summed E-state index contributed by atoms with van der Waals surface area (Å²) >= 11 is 0. The minimum atomic E-state index is -1.31. The molecule has 1 aromatic heterocycles. The number of nitrogens with zero attached hydrogens (tertiary/aromatic N) is 2. The lowest BCUT2D eigenvalue weighted by Crippen LogP contribution is -2.28. The van der Waals surface area contributed by atoms with Crippen LogP contribution in [0.15, 0.2) is 29.0 Å². The van der Waals surface area contributed by atoms with E-state index in [-0.39, 0.29) is 17.7 Å². The van der Waals surface area contributed by atoms with Crippen LogP contribution in [0.2, 0.25) is 0 Å². The van der Waals surface area contributed by atoms with E-state index in [1.165, 1.54) is 12.3 Å². The summed E-state index contributed by atoms with van der Waals surface area (Å²) in [5, 5.41) is 18.6. The van der Waals surface area contributed by atoms with Crippen molar-refractivity contribution in [3.8, 4) is 0 Å². The van der Waals surface area contributed by atoms with Crippen LogP contribution < -0.4 is 11.4 Å². The average molecular weight is 257 g/mol. The van der Waals surface area contributed by atoms with Gasteiger partial charge in [0.15, 0.2) is 6.23 Å². The Hall–Kier alpha value is -1.77. The van der Waals surface area contributed by atoms with E-state index in [1.807, 2.05) is 0 Å². The molecule has 4 N–H and O–H groups in total. The number of aliphatic hydroxyl groups excluding tert-OH is 2. The molecule has 0 aliphatic carbocycles. The van der Waals surface area contributed by atoms with Crippen LogP contribution in [0.3, 0.4) is 0 Å². The molecule has 0 amide bonds. The Balaban J connectivity index is 2.41. The van der Waals surface area contributed by atoms with Crippen LogP contribution in [0.1, 0.15) is 6.23 Å². The first-order chi connectivity index (χ1) is 8.58. The predicted octanol–water partition coefficient (Wildman–Crippen LogP) is -1.07. The van der Waals surface area contributed by atoms with Crippen LogP contribution >= 0.6 is 0 Å². The van der Waals surface area contributed by atoms with E-state index < -0.39 is 30.7 Å². The van der Waals surface area contributed by atoms with Crippen molar-refractivity contribution in [1.82, 2.24) is 9.55 Å². The molecular weight excluding hydrogens is 245 g/mol. The smallest absolute Gasteiger partial charge is 0.351 e. The van der Waals surface area contributed by atoms with Gasteiger partial charge in [0.2, 0.25) is 0 Å². The third-order valence-electron chi connectivity index (χ3n) is 2.69. The van der Waals surface area contributed by atoms with Gasteiger partial charge >= 0.3 is 5.69 Å². The fourth-order valence-corrected chi connectivity index (χ4v) is 1.77. The highest BCUT2D eigenvalue weighted by molar-refractivity contribution is 5.25. The number of hydrogen-bond acceptors (Lipinski definition) is 6. The van der Waals surface area contributed by atoms with Crippen LogP contribution in [0, 0.1) is 0 Å². The zero-order chi connectivity index (χ0) is 13.3. The van der Waals surface area contributed by atoms with Gasteiger partial charge < -0.3 is 20.7 Å². The molecule has 1 aliphatic heterocycles. The summed E-state index contributed by atoms with van der Waals surface area (Å²) in [6.45, 7) is -0.494. The quantitative estimate of drug-likeness (QED) is 0.622. The van der Waals surface area contributed by atoms with Crippen molar-refractivity contribution in [2.45, 2.75) is 18.4 Å². The molecule has 7 nitrogen and oxygen atoms in total. The number of halogens is 1. The first kappa shape index (κ1) is 12.7. The molecule has 1 unspecified atom stereocenters. The number of anilines is 1. The maximum Gasteiger partial charge on any atom is 0.351 e. The van der Waals surface area contributed by atoms with Crippen LogP contribution in [0.5, 0.6) is 0 Å². The van der Waals surface area contributed by atoms with Crippen molar-refractivity contribution in [2.24, 2.45) is 0 Å². The van der Waals surface area contributed by atoms with E-state index >= 15 is 0 Å². The molecule has 3 atom stereocenters. The lowest BCUT2D eigenvalue weighted by atomic mass is 10.1. The third-order valence-corrected chi connectivity index (χ3v) is 2.69. The van der Waals surface area contributed by atoms with Gasteiger partial charge in [-0.1, -0.05) is 0 Å². The lowest BCUT2D eigenvalue weighted by molar-refractivity contribution is -0.0447. The minimum Gasteiger partial charge on any atom is -0.394 e. The molecule has 8 heteroatoms. The molecule has 98 valence electrons. The molecule has 2 rings (SSSR count). The molecule has 1 saturated heterocycles. The number of aromatic nitrogens is 2. The maximum atomic E-state index is 12.8. The van der Waals surface area contributed by atoms with Crippen LogP contribution in [0.4, 0.5) is 10.2 Å². The normalized spacial score (nSPS) is 29.9. The standard InChI is InChI=1S/C10H12FN3O4/c11-3-5-8(16)6(4-15)18-9(5)14-2-1-7(12)13-10(14)17/h1-3,6,8-9,15-16H,4H2,(H2,12,13,17)/b5-3+/t6-,8+,9?/m1/s1. The van der Waals surface area contributed by atoms with E-state index in [9.17, 15) is 14.3 Å². The molecule has 1 aromatic rings. The van der Waals surface area contributed by atoms with Crippen LogP contribution in [-0.4, -0.2) is 38.6 Å². The highest BCUT2D eigenvalue weighted by Gasteiger charge is 2.40. The molecule has 0 radical (unpaired) electrons. The fourth-order valence-electron chi connectivity index (χ4n) is 1.77. The van der Waals surface area contributed by atoms with E-state index in [0.29, 0.717) is 0 Å². The second-order valence-corrected chi connectivity index (χ2v) is 3.81. The van der Waals surface area contributed by atoms with Gasteiger partial charge in [-0.15, -0.1) is 0 Å². The van der Waals surface area contributed by atoms with E-state index in [2.05, 4.69) is 4.98 Å². The molecule has 0 spiro atoms. The van der Waals surface area contributed by atoms with Crippen molar-refractivity contribution in [3.63, 3.8) is 0 Å². The summed E-state index contributed by atoms with van der Waals surface area (Å²) in [6, 6.07) is 1.35. The zero-order valence-corrected chi connectivity index (χ0v) is 9.23. The summed E-state index contributed by atoms with van der Waals surface area (Å²) in [5.41, 5.74) is 4.45. The van der Waals surface area contributed by atoms with Gasteiger partial charge in [0.1, 0.15) is 18.0 Å². The molecule has 18 heavy (non-hydrogen) atoms. The second-order valence-electron chi connectivity index (χ2n) is 3.81. The Morgan fingerprint density at radius 3 is 2.94 bits per heavy atom. The SMILES string of the molecule is Nc1ccn(C2O[C@H](CO)[C@@H](O)/C2=C\F)c(=O)n1. The predicted molar refractivity (Wildman–Crippen MR) is 59.1 cm³/mol. The highest BCUT2D eigenvalue weighted by atomic mass is 19.1. The van der Waals surface area contributed by atoms with Crippen molar-refractivity contribution < 1.29 is 19.3 Å². The fraction of sp³-hybridized carbons (Fsp3) is 0.400. The second kappa shape index (κ2) is 4.84. The summed E-state index contributed by atoms with van der Waals surface area (Å²) < 4.78 is 19.0. The lowest BCUT2D eigenvalue weighted by Gasteiger charge is -2.14. The largest absolute Gasteiger partial charge is 0.394 e. The Morgan fingerprint density at radius 2 is 2.39 bits per heavy atom. The maximum absolute atomic E-state index is 12.8. The Bertz CT molecular complexity index is 530. The van der Waals surface area contributed by atoms with Crippen LogP contribution in [0.25, 0.3) is 0 Å². The van der Waals surface area contributed by atoms with Crippen molar-refractivity contribution in [3.05, 3.63) is 34.7 Å². The van der Waals surface area contributed by atoms with Gasteiger partial charge in [-0.25, -0.2) is 9.18 Å². The van der Waals surface area contributed by atoms with Gasteiger partial charge in [0.25, 0.3) is 0 Å². The van der Waals surface area contributed by atoms with E-state index in [0.717, 1.165) is 4.57 Å². The van der Waals surface area contributed by atoms with Crippen molar-refractivity contribution in [1.29, 1.82) is 0 Å². The van der Waals surface area contributed by atoms with E-state index in [1.54, 1.807) is 0 Å².